The number of anilines is 1. The summed E-state index contributed by atoms with van der Waals surface area (Å²) in [6, 6.07) is 7.09. The van der Waals surface area contributed by atoms with E-state index >= 15 is 0 Å². The van der Waals surface area contributed by atoms with E-state index in [-0.39, 0.29) is 31.5 Å². The van der Waals surface area contributed by atoms with Gasteiger partial charge in [0.2, 0.25) is 5.91 Å². The normalized spacial score (nSPS) is 15.7. The molecule has 1 saturated carbocycles. The molecule has 0 radical (unpaired) electrons. The summed E-state index contributed by atoms with van der Waals surface area (Å²) in [6.45, 7) is 0.0475. The Morgan fingerprint density at radius 2 is 1.88 bits per heavy atom. The summed E-state index contributed by atoms with van der Waals surface area (Å²) in [5.74, 6) is -1.88. The van der Waals surface area contributed by atoms with Gasteiger partial charge in [-0.25, -0.2) is 0 Å². The molecule has 1 aliphatic carbocycles. The van der Waals surface area contributed by atoms with Crippen LogP contribution in [0.4, 0.5) is 5.69 Å². The van der Waals surface area contributed by atoms with Crippen LogP contribution in [0.2, 0.25) is 0 Å². The SMILES string of the molecule is O=C(CCN1C(=O)COc2ccccc21)NNC(=O)C(=O)NC1CC1. The molecule has 0 atom stereocenters. The van der Waals surface area contributed by atoms with Gasteiger partial charge in [-0.2, -0.15) is 0 Å². The summed E-state index contributed by atoms with van der Waals surface area (Å²) in [6.07, 6.45) is 1.69. The molecule has 1 aromatic rings. The van der Waals surface area contributed by atoms with E-state index in [4.69, 9.17) is 4.74 Å². The number of fused-ring (bicyclic) bond motifs is 1. The maximum Gasteiger partial charge on any atom is 0.327 e. The van der Waals surface area contributed by atoms with Gasteiger partial charge in [-0.15, -0.1) is 0 Å². The third-order valence-electron chi connectivity index (χ3n) is 3.80. The van der Waals surface area contributed by atoms with Gasteiger partial charge in [0.05, 0.1) is 5.69 Å². The van der Waals surface area contributed by atoms with E-state index in [1.807, 2.05) is 0 Å². The topological polar surface area (TPSA) is 117 Å². The van der Waals surface area contributed by atoms with Crippen LogP contribution in [0.25, 0.3) is 0 Å². The van der Waals surface area contributed by atoms with Crippen molar-refractivity contribution in [2.24, 2.45) is 0 Å². The Morgan fingerprint density at radius 3 is 2.64 bits per heavy atom. The number of nitrogens with zero attached hydrogens (tertiary/aromatic N) is 1. The summed E-state index contributed by atoms with van der Waals surface area (Å²) in [5.41, 5.74) is 4.82. The summed E-state index contributed by atoms with van der Waals surface area (Å²) in [4.78, 5) is 48.2. The number of amides is 4. The summed E-state index contributed by atoms with van der Waals surface area (Å²) >= 11 is 0. The van der Waals surface area contributed by atoms with Crippen molar-refractivity contribution < 1.29 is 23.9 Å². The number of hydrazine groups is 1. The zero-order chi connectivity index (χ0) is 17.8. The number of hydrogen-bond acceptors (Lipinski definition) is 5. The molecule has 0 saturated heterocycles. The van der Waals surface area contributed by atoms with Gasteiger partial charge >= 0.3 is 11.8 Å². The number of ether oxygens (including phenoxy) is 1. The van der Waals surface area contributed by atoms with Crippen LogP contribution in [0.1, 0.15) is 19.3 Å². The monoisotopic (exact) mass is 346 g/mol. The minimum absolute atomic E-state index is 0.0371. The zero-order valence-electron chi connectivity index (χ0n) is 13.4. The second kappa shape index (κ2) is 7.20. The minimum atomic E-state index is -0.923. The van der Waals surface area contributed by atoms with Crippen molar-refractivity contribution in [2.45, 2.75) is 25.3 Å². The van der Waals surface area contributed by atoms with Crippen LogP contribution in [0, 0.1) is 0 Å². The highest BCUT2D eigenvalue weighted by Gasteiger charge is 2.27. The van der Waals surface area contributed by atoms with E-state index in [0.717, 1.165) is 12.8 Å². The van der Waals surface area contributed by atoms with Gasteiger partial charge in [0.15, 0.2) is 6.61 Å². The Labute approximate surface area is 143 Å². The van der Waals surface area contributed by atoms with E-state index in [1.54, 1.807) is 24.3 Å². The molecule has 25 heavy (non-hydrogen) atoms. The second-order valence-corrected chi connectivity index (χ2v) is 5.80. The third-order valence-corrected chi connectivity index (χ3v) is 3.80. The van der Waals surface area contributed by atoms with E-state index in [2.05, 4.69) is 16.2 Å². The Kier molecular flexibility index (Phi) is 4.82. The van der Waals surface area contributed by atoms with Crippen molar-refractivity contribution in [2.75, 3.05) is 18.1 Å². The van der Waals surface area contributed by atoms with Gasteiger partial charge in [-0.3, -0.25) is 30.0 Å². The van der Waals surface area contributed by atoms with Crippen molar-refractivity contribution in [3.63, 3.8) is 0 Å². The third kappa shape index (κ3) is 4.25. The molecule has 4 amide bonds. The molecule has 9 nitrogen and oxygen atoms in total. The molecule has 0 spiro atoms. The van der Waals surface area contributed by atoms with Gasteiger partial charge in [-0.1, -0.05) is 12.1 Å². The van der Waals surface area contributed by atoms with Crippen LogP contribution in [0.3, 0.4) is 0 Å². The van der Waals surface area contributed by atoms with Crippen molar-refractivity contribution >= 4 is 29.3 Å². The molecule has 9 heteroatoms. The van der Waals surface area contributed by atoms with Gasteiger partial charge in [-0.05, 0) is 25.0 Å². The first-order valence-electron chi connectivity index (χ1n) is 7.96. The first-order valence-corrected chi connectivity index (χ1v) is 7.96. The fourth-order valence-electron chi connectivity index (χ4n) is 2.34. The van der Waals surface area contributed by atoms with Gasteiger partial charge in [0.25, 0.3) is 5.91 Å². The Morgan fingerprint density at radius 1 is 1.12 bits per heavy atom. The van der Waals surface area contributed by atoms with Crippen molar-refractivity contribution in [3.05, 3.63) is 24.3 Å². The molecule has 2 aliphatic rings. The molecular formula is C16H18N4O5. The standard InChI is InChI=1S/C16H18N4O5/c21-13(18-19-16(24)15(23)17-10-5-6-10)7-8-20-11-3-1-2-4-12(11)25-9-14(20)22/h1-4,10H,5-9H2,(H,17,23)(H,18,21)(H,19,24). The molecule has 1 heterocycles. The first kappa shape index (κ1) is 16.7. The second-order valence-electron chi connectivity index (χ2n) is 5.80. The van der Waals surface area contributed by atoms with Gasteiger partial charge in [0.1, 0.15) is 5.75 Å². The fourth-order valence-corrected chi connectivity index (χ4v) is 2.34. The zero-order valence-corrected chi connectivity index (χ0v) is 13.4. The highest BCUT2D eigenvalue weighted by molar-refractivity contribution is 6.35. The quantitative estimate of drug-likeness (QED) is 0.489. The molecule has 3 N–H and O–H groups in total. The summed E-state index contributed by atoms with van der Waals surface area (Å²) in [7, 11) is 0. The molecule has 132 valence electrons. The molecule has 1 aromatic carbocycles. The maximum atomic E-state index is 12.0. The lowest BCUT2D eigenvalue weighted by molar-refractivity contribution is -0.141. The van der Waals surface area contributed by atoms with Gasteiger partial charge in [0, 0.05) is 19.0 Å². The van der Waals surface area contributed by atoms with Crippen molar-refractivity contribution in [3.8, 4) is 5.75 Å². The lowest BCUT2D eigenvalue weighted by Gasteiger charge is -2.29. The molecular weight excluding hydrogens is 328 g/mol. The highest BCUT2D eigenvalue weighted by Crippen LogP contribution is 2.31. The average Bonchev–Trinajstić information content (AvgIpc) is 3.42. The molecule has 0 unspecified atom stereocenters. The minimum Gasteiger partial charge on any atom is -0.482 e. The predicted octanol–water partition coefficient (Wildman–Crippen LogP) is -0.772. The first-order chi connectivity index (χ1) is 12.0. The number of carbonyl (C=O) groups is 4. The van der Waals surface area contributed by atoms with Crippen molar-refractivity contribution in [1.82, 2.24) is 16.2 Å². The molecule has 1 fully saturated rings. The smallest absolute Gasteiger partial charge is 0.327 e. The van der Waals surface area contributed by atoms with Crippen LogP contribution in [-0.2, 0) is 19.2 Å². The van der Waals surface area contributed by atoms with Gasteiger partial charge < -0.3 is 15.0 Å². The van der Waals surface area contributed by atoms with Crippen LogP contribution in [0.15, 0.2) is 24.3 Å². The largest absolute Gasteiger partial charge is 0.482 e. The van der Waals surface area contributed by atoms with E-state index in [1.165, 1.54) is 4.90 Å². The van der Waals surface area contributed by atoms with E-state index in [9.17, 15) is 19.2 Å². The Hall–Kier alpha value is -3.10. The number of hydrogen-bond donors (Lipinski definition) is 3. The van der Waals surface area contributed by atoms with Crippen molar-refractivity contribution in [1.29, 1.82) is 0 Å². The van der Waals surface area contributed by atoms with Crippen LogP contribution in [-0.4, -0.2) is 42.8 Å². The molecule has 0 aromatic heterocycles. The summed E-state index contributed by atoms with van der Waals surface area (Å²) in [5, 5.41) is 2.51. The number of nitrogens with one attached hydrogen (secondary N) is 3. The Bertz CT molecular complexity index is 716. The number of benzene rings is 1. The number of rotatable bonds is 4. The molecule has 0 bridgehead atoms. The molecule has 1 aliphatic heterocycles. The predicted molar refractivity (Wildman–Crippen MR) is 86.4 cm³/mol. The average molecular weight is 346 g/mol. The maximum absolute atomic E-state index is 12.0. The lowest BCUT2D eigenvalue weighted by Crippen LogP contribution is -2.49. The number of carbonyl (C=O) groups excluding carboxylic acids is 4. The fraction of sp³-hybridized carbons (Fsp3) is 0.375. The highest BCUT2D eigenvalue weighted by atomic mass is 16.5. The van der Waals surface area contributed by atoms with Crippen LogP contribution >= 0.6 is 0 Å². The Balaban J connectivity index is 1.46. The molecule has 3 rings (SSSR count). The summed E-state index contributed by atoms with van der Waals surface area (Å²) < 4.78 is 5.32. The van der Waals surface area contributed by atoms with E-state index in [0.29, 0.717) is 11.4 Å². The van der Waals surface area contributed by atoms with E-state index < -0.39 is 17.7 Å². The number of para-hydroxylation sites is 2. The van der Waals surface area contributed by atoms with Crippen LogP contribution in [0.5, 0.6) is 5.75 Å². The van der Waals surface area contributed by atoms with Crippen LogP contribution < -0.4 is 25.8 Å². The lowest BCUT2D eigenvalue weighted by atomic mass is 10.2.